The molecular formula is C10H5F6NO4S. The Hall–Kier alpha value is -2.11. The van der Waals surface area contributed by atoms with Gasteiger partial charge in [-0.15, -0.1) is 0 Å². The number of sulfone groups is 1. The molecule has 12 heteroatoms. The molecule has 0 radical (unpaired) electrons. The van der Waals surface area contributed by atoms with E-state index in [1.165, 1.54) is 0 Å². The zero-order valence-electron chi connectivity index (χ0n) is 10.1. The first kappa shape index (κ1) is 17.9. The molecule has 5 nitrogen and oxygen atoms in total. The number of hydrogen-bond acceptors (Lipinski definition) is 4. The van der Waals surface area contributed by atoms with E-state index in [1.54, 1.807) is 0 Å². The average Bonchev–Trinajstić information content (AvgIpc) is 2.33. The minimum Gasteiger partial charge on any atom is -0.258 e. The Balaban J connectivity index is 3.45. The second-order valence-corrected chi connectivity index (χ2v) is 5.71. The molecule has 1 rings (SSSR count). The van der Waals surface area contributed by atoms with E-state index in [9.17, 15) is 44.9 Å². The average molecular weight is 349 g/mol. The topological polar surface area (TPSA) is 77.3 Å². The lowest BCUT2D eigenvalue weighted by Crippen LogP contribution is -2.31. The van der Waals surface area contributed by atoms with Crippen molar-refractivity contribution in [3.8, 4) is 0 Å². The summed E-state index contributed by atoms with van der Waals surface area (Å²) in [4.78, 5) is 6.66. The Morgan fingerprint density at radius 1 is 1.05 bits per heavy atom. The van der Waals surface area contributed by atoms with Crippen LogP contribution in [0.15, 0.2) is 29.2 Å². The third-order valence-corrected chi connectivity index (χ3v) is 3.81. The number of hydrogen-bond donors (Lipinski definition) is 0. The Morgan fingerprint density at radius 2 is 1.50 bits per heavy atom. The van der Waals surface area contributed by atoms with Crippen LogP contribution in [0.25, 0.3) is 6.08 Å². The molecule has 0 saturated heterocycles. The van der Waals surface area contributed by atoms with Crippen LogP contribution in [0.2, 0.25) is 0 Å². The maximum Gasteiger partial charge on any atom is 0.501 e. The highest BCUT2D eigenvalue weighted by Gasteiger charge is 2.56. The highest BCUT2D eigenvalue weighted by Crippen LogP contribution is 2.39. The van der Waals surface area contributed by atoms with Crippen molar-refractivity contribution in [3.05, 3.63) is 44.8 Å². The van der Waals surface area contributed by atoms with E-state index in [4.69, 9.17) is 0 Å². The van der Waals surface area contributed by atoms with Gasteiger partial charge in [0.05, 0.1) is 4.92 Å². The van der Waals surface area contributed by atoms with E-state index in [-0.39, 0.29) is 6.08 Å². The van der Waals surface area contributed by atoms with Crippen LogP contribution in [0.4, 0.5) is 32.0 Å². The van der Waals surface area contributed by atoms with E-state index < -0.39 is 42.6 Å². The molecule has 0 amide bonds. The number of halogens is 6. The minimum absolute atomic E-state index is 0.244. The van der Waals surface area contributed by atoms with Gasteiger partial charge >= 0.3 is 11.7 Å². The first-order valence-corrected chi connectivity index (χ1v) is 6.60. The Labute approximate surface area is 118 Å². The number of alkyl halides is 6. The van der Waals surface area contributed by atoms with Crippen LogP contribution in [0.1, 0.15) is 5.56 Å². The predicted molar refractivity (Wildman–Crippen MR) is 62.1 cm³/mol. The molecule has 122 valence electrons. The number of rotatable bonds is 3. The van der Waals surface area contributed by atoms with Gasteiger partial charge in [0.15, 0.2) is 4.91 Å². The molecule has 0 aliphatic carbocycles. The van der Waals surface area contributed by atoms with Crippen LogP contribution < -0.4 is 0 Å². The summed E-state index contributed by atoms with van der Waals surface area (Å²) in [6, 6.07) is 2.83. The van der Waals surface area contributed by atoms with Gasteiger partial charge in [-0.25, -0.2) is 8.42 Å². The molecule has 0 saturated carbocycles. The Bertz CT molecular complexity index is 702. The summed E-state index contributed by atoms with van der Waals surface area (Å²) in [7, 11) is -6.62. The van der Waals surface area contributed by atoms with Gasteiger partial charge in [-0.2, -0.15) is 26.3 Å². The quantitative estimate of drug-likeness (QED) is 0.476. The summed E-state index contributed by atoms with van der Waals surface area (Å²) in [5.74, 6) is 0. The van der Waals surface area contributed by atoms with Gasteiger partial charge in [0, 0.05) is 12.1 Å². The normalized spacial score (nSPS) is 14.0. The number of benzene rings is 1. The smallest absolute Gasteiger partial charge is 0.258 e. The second kappa shape index (κ2) is 5.59. The van der Waals surface area contributed by atoms with Gasteiger partial charge in [-0.3, -0.25) is 10.1 Å². The lowest BCUT2D eigenvalue weighted by atomic mass is 10.2. The van der Waals surface area contributed by atoms with Crippen LogP contribution >= 0.6 is 0 Å². The van der Waals surface area contributed by atoms with Crippen LogP contribution in [0.3, 0.4) is 0 Å². The molecule has 0 bridgehead atoms. The maximum atomic E-state index is 12.6. The molecule has 0 fully saturated rings. The summed E-state index contributed by atoms with van der Waals surface area (Å²) in [6.07, 6.45) is -6.03. The summed E-state index contributed by atoms with van der Waals surface area (Å²) < 4.78 is 96.5. The van der Waals surface area contributed by atoms with Crippen molar-refractivity contribution in [2.45, 2.75) is 11.7 Å². The summed E-state index contributed by atoms with van der Waals surface area (Å²) in [5, 5.41) is 10.3. The predicted octanol–water partition coefficient (Wildman–Crippen LogP) is 3.43. The molecule has 22 heavy (non-hydrogen) atoms. The molecule has 1 aromatic carbocycles. The molecule has 0 atom stereocenters. The van der Waals surface area contributed by atoms with E-state index in [0.29, 0.717) is 12.1 Å². The van der Waals surface area contributed by atoms with Gasteiger partial charge in [-0.1, -0.05) is 0 Å². The van der Waals surface area contributed by atoms with Crippen molar-refractivity contribution in [1.82, 2.24) is 0 Å². The van der Waals surface area contributed by atoms with Crippen molar-refractivity contribution < 1.29 is 39.7 Å². The molecular weight excluding hydrogens is 344 g/mol. The standard InChI is InChI=1S/C10H5F6NO4S/c11-9(12,13)8(22(20,21)10(14,15)16)5-6-1-3-7(4-2-6)17(18)19/h1-5H/b8-5-. The lowest BCUT2D eigenvalue weighted by Gasteiger charge is -2.14. The third kappa shape index (κ3) is 3.75. The largest absolute Gasteiger partial charge is 0.501 e. The van der Waals surface area contributed by atoms with Gasteiger partial charge in [0.2, 0.25) is 0 Å². The first-order chi connectivity index (χ1) is 9.76. The number of nitro groups is 1. The number of nitrogens with zero attached hydrogens (tertiary/aromatic N) is 1. The van der Waals surface area contributed by atoms with Crippen molar-refractivity contribution in [2.75, 3.05) is 0 Å². The molecule has 0 aliphatic heterocycles. The maximum absolute atomic E-state index is 12.6. The fourth-order valence-electron chi connectivity index (χ4n) is 1.28. The summed E-state index contributed by atoms with van der Waals surface area (Å²) in [5.41, 5.74) is -7.25. The SMILES string of the molecule is O=[N+]([O-])c1ccc(/C=C(/C(F)(F)F)S(=O)(=O)C(F)(F)F)cc1. The van der Waals surface area contributed by atoms with Gasteiger partial charge in [-0.05, 0) is 23.8 Å². The van der Waals surface area contributed by atoms with E-state index in [1.807, 2.05) is 0 Å². The lowest BCUT2D eigenvalue weighted by molar-refractivity contribution is -0.384. The van der Waals surface area contributed by atoms with Crippen molar-refractivity contribution >= 4 is 21.6 Å². The highest BCUT2D eigenvalue weighted by molar-refractivity contribution is 7.96. The number of nitro benzene ring substituents is 1. The monoisotopic (exact) mass is 349 g/mol. The van der Waals surface area contributed by atoms with Crippen molar-refractivity contribution in [1.29, 1.82) is 0 Å². The minimum atomic E-state index is -6.62. The van der Waals surface area contributed by atoms with E-state index in [2.05, 4.69) is 0 Å². The van der Waals surface area contributed by atoms with Gasteiger partial charge in [0.25, 0.3) is 15.5 Å². The number of allylic oxidation sites excluding steroid dienone is 1. The van der Waals surface area contributed by atoms with E-state index in [0.717, 1.165) is 12.1 Å². The van der Waals surface area contributed by atoms with Crippen molar-refractivity contribution in [3.63, 3.8) is 0 Å². The molecule has 0 heterocycles. The molecule has 0 aliphatic rings. The fraction of sp³-hybridized carbons (Fsp3) is 0.200. The fourth-order valence-corrected chi connectivity index (χ4v) is 2.13. The second-order valence-electron chi connectivity index (χ2n) is 3.80. The number of non-ortho nitro benzene ring substituents is 1. The third-order valence-electron chi connectivity index (χ3n) is 2.28. The summed E-state index contributed by atoms with van der Waals surface area (Å²) >= 11 is 0. The molecule has 0 unspecified atom stereocenters. The molecule has 0 spiro atoms. The Morgan fingerprint density at radius 3 is 1.82 bits per heavy atom. The van der Waals surface area contributed by atoms with Crippen LogP contribution in [0.5, 0.6) is 0 Å². The zero-order chi connectivity index (χ0) is 17.3. The summed E-state index contributed by atoms with van der Waals surface area (Å²) in [6.45, 7) is 0. The van der Waals surface area contributed by atoms with Crippen LogP contribution in [0, 0.1) is 10.1 Å². The van der Waals surface area contributed by atoms with Crippen LogP contribution in [-0.2, 0) is 9.84 Å². The zero-order valence-corrected chi connectivity index (χ0v) is 11.0. The molecule has 0 aromatic heterocycles. The Kier molecular flexibility index (Phi) is 4.56. The van der Waals surface area contributed by atoms with Crippen molar-refractivity contribution in [2.24, 2.45) is 0 Å². The molecule has 1 aromatic rings. The van der Waals surface area contributed by atoms with E-state index >= 15 is 0 Å². The molecule has 0 N–H and O–H groups in total. The van der Waals surface area contributed by atoms with Gasteiger partial charge < -0.3 is 0 Å². The van der Waals surface area contributed by atoms with Gasteiger partial charge in [0.1, 0.15) is 0 Å². The highest BCUT2D eigenvalue weighted by atomic mass is 32.2. The first-order valence-electron chi connectivity index (χ1n) is 5.11. The van der Waals surface area contributed by atoms with Crippen LogP contribution in [-0.4, -0.2) is 25.0 Å².